The van der Waals surface area contributed by atoms with Gasteiger partial charge in [-0.25, -0.2) is 28.7 Å². The molecule has 2 aliphatic rings. The van der Waals surface area contributed by atoms with E-state index in [0.29, 0.717) is 28.6 Å². The third kappa shape index (κ3) is 7.92. The summed E-state index contributed by atoms with van der Waals surface area (Å²) in [6.07, 6.45) is 0.261. The molecule has 4 heterocycles. The SMILES string of the molecule is CCc1c(-c2cc3cc(NC(=O)OC4CC(=O)N(C)C4)ncc3c(NC(=O)OC(C)(C)C)c2F)cnc2c1N(C(=O)OC(C)(C)C)CCO2. The number of aromatic nitrogens is 2. The molecule has 15 heteroatoms. The van der Waals surface area contributed by atoms with Crippen LogP contribution in [0.1, 0.15) is 60.5 Å². The molecule has 49 heavy (non-hydrogen) atoms. The number of benzene rings is 1. The molecule has 262 valence electrons. The number of pyridine rings is 2. The predicted octanol–water partition coefficient (Wildman–Crippen LogP) is 6.26. The van der Waals surface area contributed by atoms with Gasteiger partial charge in [0.2, 0.25) is 11.8 Å². The number of rotatable bonds is 5. The molecule has 1 atom stereocenters. The Bertz CT molecular complexity index is 1820. The Morgan fingerprint density at radius 2 is 1.71 bits per heavy atom. The molecule has 0 saturated carbocycles. The molecule has 3 aromatic rings. The molecule has 0 spiro atoms. The van der Waals surface area contributed by atoms with Gasteiger partial charge in [-0.3, -0.25) is 20.3 Å². The van der Waals surface area contributed by atoms with Crippen molar-refractivity contribution in [2.24, 2.45) is 0 Å². The van der Waals surface area contributed by atoms with Gasteiger partial charge in [-0.15, -0.1) is 0 Å². The molecule has 14 nitrogen and oxygen atoms in total. The summed E-state index contributed by atoms with van der Waals surface area (Å²) in [6, 6.07) is 3.04. The fraction of sp³-hybridized carbons (Fsp3) is 0.471. The van der Waals surface area contributed by atoms with Crippen molar-refractivity contribution in [3.05, 3.63) is 35.9 Å². The molecule has 1 saturated heterocycles. The standard InChI is InChI=1S/C34H41FN6O8/c1-9-20-23(16-37-29-28(20)41(10-11-46-29)32(45)49-34(5,6)7)21-12-18-13-24(38-30(43)47-19-14-25(42)40(8)17-19)36-15-22(18)27(26(21)35)39-31(44)48-33(2,3)4/h12-13,15-16,19H,9-11,14,17H2,1-8H3,(H,39,44)(H,36,38,43). The third-order valence-corrected chi connectivity index (χ3v) is 7.60. The summed E-state index contributed by atoms with van der Waals surface area (Å²) in [7, 11) is 1.62. The van der Waals surface area contributed by atoms with Crippen LogP contribution in [-0.2, 0) is 25.4 Å². The molecule has 1 fully saturated rings. The number of ether oxygens (including phenoxy) is 4. The largest absolute Gasteiger partial charge is 0.474 e. The van der Waals surface area contributed by atoms with Gasteiger partial charge >= 0.3 is 18.3 Å². The number of carbonyl (C=O) groups excluding carboxylic acids is 4. The summed E-state index contributed by atoms with van der Waals surface area (Å²) in [6.45, 7) is 12.8. The molecular weight excluding hydrogens is 639 g/mol. The minimum absolute atomic E-state index is 0.0488. The maximum absolute atomic E-state index is 16.7. The van der Waals surface area contributed by atoms with E-state index < -0.39 is 41.4 Å². The molecule has 2 aromatic heterocycles. The molecule has 2 N–H and O–H groups in total. The third-order valence-electron chi connectivity index (χ3n) is 7.60. The highest BCUT2D eigenvalue weighted by atomic mass is 19.1. The lowest BCUT2D eigenvalue weighted by Gasteiger charge is -2.33. The van der Waals surface area contributed by atoms with E-state index in [1.54, 1.807) is 48.6 Å². The van der Waals surface area contributed by atoms with Gasteiger partial charge in [-0.1, -0.05) is 6.92 Å². The van der Waals surface area contributed by atoms with Crippen LogP contribution in [0.25, 0.3) is 21.9 Å². The van der Waals surface area contributed by atoms with Crippen molar-refractivity contribution in [3.8, 4) is 17.0 Å². The fourth-order valence-electron chi connectivity index (χ4n) is 5.59. The van der Waals surface area contributed by atoms with Gasteiger partial charge in [0.1, 0.15) is 35.4 Å². The molecule has 1 unspecified atom stereocenters. The zero-order valence-electron chi connectivity index (χ0n) is 28.9. The van der Waals surface area contributed by atoms with Crippen LogP contribution in [0.15, 0.2) is 24.5 Å². The Labute approximate surface area is 283 Å². The molecule has 0 bridgehead atoms. The summed E-state index contributed by atoms with van der Waals surface area (Å²) in [4.78, 5) is 62.4. The van der Waals surface area contributed by atoms with E-state index in [4.69, 9.17) is 18.9 Å². The van der Waals surface area contributed by atoms with Crippen LogP contribution < -0.4 is 20.3 Å². The minimum atomic E-state index is -0.893. The summed E-state index contributed by atoms with van der Waals surface area (Å²) in [5.41, 5.74) is -0.542. The van der Waals surface area contributed by atoms with Crippen LogP contribution in [0.4, 0.5) is 36.0 Å². The van der Waals surface area contributed by atoms with E-state index in [9.17, 15) is 19.2 Å². The highest BCUT2D eigenvalue weighted by Crippen LogP contribution is 2.43. The molecule has 1 aromatic carbocycles. The second kappa shape index (κ2) is 13.4. The van der Waals surface area contributed by atoms with E-state index in [2.05, 4.69) is 20.6 Å². The molecule has 2 aliphatic heterocycles. The lowest BCUT2D eigenvalue weighted by molar-refractivity contribution is -0.126. The van der Waals surface area contributed by atoms with Crippen molar-refractivity contribution in [2.45, 2.75) is 78.6 Å². The van der Waals surface area contributed by atoms with Crippen molar-refractivity contribution in [3.63, 3.8) is 0 Å². The monoisotopic (exact) mass is 680 g/mol. The number of fused-ring (bicyclic) bond motifs is 2. The Morgan fingerprint density at radius 3 is 2.35 bits per heavy atom. The summed E-state index contributed by atoms with van der Waals surface area (Å²) in [5, 5.41) is 5.71. The van der Waals surface area contributed by atoms with Crippen molar-refractivity contribution < 1.29 is 42.5 Å². The smallest absolute Gasteiger partial charge is 0.415 e. The minimum Gasteiger partial charge on any atom is -0.474 e. The van der Waals surface area contributed by atoms with Gasteiger partial charge in [-0.05, 0) is 71.0 Å². The van der Waals surface area contributed by atoms with E-state index in [-0.39, 0.29) is 60.4 Å². The van der Waals surface area contributed by atoms with E-state index >= 15 is 4.39 Å². The average Bonchev–Trinajstić information content (AvgIpc) is 3.31. The normalized spacial score (nSPS) is 16.2. The van der Waals surface area contributed by atoms with Crippen LogP contribution in [0.3, 0.4) is 0 Å². The highest BCUT2D eigenvalue weighted by Gasteiger charge is 2.34. The Hall–Kier alpha value is -5.21. The Kier molecular flexibility index (Phi) is 9.57. The first kappa shape index (κ1) is 35.1. The van der Waals surface area contributed by atoms with Gasteiger partial charge in [-0.2, -0.15) is 0 Å². The topological polar surface area (TPSA) is 162 Å². The molecular formula is C34H41FN6O8. The maximum Gasteiger partial charge on any atom is 0.415 e. The maximum atomic E-state index is 16.7. The lowest BCUT2D eigenvalue weighted by Crippen LogP contribution is -2.42. The lowest BCUT2D eigenvalue weighted by atomic mass is 9.94. The highest BCUT2D eigenvalue weighted by molar-refractivity contribution is 6.05. The number of carbonyl (C=O) groups is 4. The number of nitrogens with zero attached hydrogens (tertiary/aromatic N) is 4. The zero-order chi connectivity index (χ0) is 35.8. The van der Waals surface area contributed by atoms with Gasteiger partial charge in [0.05, 0.1) is 25.2 Å². The van der Waals surface area contributed by atoms with Crippen LogP contribution in [0.5, 0.6) is 5.88 Å². The Morgan fingerprint density at radius 1 is 1.00 bits per heavy atom. The second-order valence-corrected chi connectivity index (χ2v) is 13.8. The molecule has 0 radical (unpaired) electrons. The molecule has 5 rings (SSSR count). The number of likely N-dealkylation sites (N-methyl/N-ethyl adjacent to an activating group) is 1. The van der Waals surface area contributed by atoms with Gasteiger partial charge < -0.3 is 23.8 Å². The number of nitrogens with one attached hydrogen (secondary N) is 2. The summed E-state index contributed by atoms with van der Waals surface area (Å²) < 4.78 is 39.0. The molecule has 0 aliphatic carbocycles. The summed E-state index contributed by atoms with van der Waals surface area (Å²) >= 11 is 0. The van der Waals surface area contributed by atoms with E-state index in [0.717, 1.165) is 0 Å². The van der Waals surface area contributed by atoms with Gasteiger partial charge in [0.15, 0.2) is 5.82 Å². The van der Waals surface area contributed by atoms with Crippen molar-refractivity contribution in [1.29, 1.82) is 0 Å². The number of hydrogen-bond donors (Lipinski definition) is 2. The first-order chi connectivity index (χ1) is 22.9. The number of anilines is 3. The zero-order valence-corrected chi connectivity index (χ0v) is 28.9. The van der Waals surface area contributed by atoms with Gasteiger partial charge in [0, 0.05) is 36.0 Å². The quantitative estimate of drug-likeness (QED) is 0.294. The second-order valence-electron chi connectivity index (χ2n) is 13.8. The molecule has 4 amide bonds. The fourth-order valence-corrected chi connectivity index (χ4v) is 5.59. The van der Waals surface area contributed by atoms with Crippen LogP contribution in [0.2, 0.25) is 0 Å². The Balaban J connectivity index is 1.60. The average molecular weight is 681 g/mol. The number of halogens is 1. The first-order valence-electron chi connectivity index (χ1n) is 15.9. The van der Waals surface area contributed by atoms with Crippen molar-refractivity contribution in [2.75, 3.05) is 42.3 Å². The van der Waals surface area contributed by atoms with Crippen LogP contribution in [0, 0.1) is 5.82 Å². The summed E-state index contributed by atoms with van der Waals surface area (Å²) in [5.74, 6) is -0.646. The first-order valence-corrected chi connectivity index (χ1v) is 15.9. The van der Waals surface area contributed by atoms with Crippen molar-refractivity contribution in [1.82, 2.24) is 14.9 Å². The van der Waals surface area contributed by atoms with Gasteiger partial charge in [0.25, 0.3) is 0 Å². The van der Waals surface area contributed by atoms with E-state index in [1.165, 1.54) is 34.3 Å². The number of amides is 4. The van der Waals surface area contributed by atoms with Crippen molar-refractivity contribution >= 4 is 52.2 Å². The van der Waals surface area contributed by atoms with Crippen LogP contribution in [-0.4, -0.2) is 83.1 Å². The van der Waals surface area contributed by atoms with E-state index in [1.807, 2.05) is 6.92 Å². The number of hydrogen-bond acceptors (Lipinski definition) is 10. The van der Waals surface area contributed by atoms with Crippen LogP contribution >= 0.6 is 0 Å². The predicted molar refractivity (Wildman–Crippen MR) is 179 cm³/mol. The number of likely N-dealkylation sites (tertiary alicyclic amines) is 1.